The smallest absolute Gasteiger partial charge is 0.220 e. The van der Waals surface area contributed by atoms with Crippen molar-refractivity contribution in [3.05, 3.63) is 40.7 Å². The Morgan fingerprint density at radius 1 is 1.27 bits per heavy atom. The maximum Gasteiger partial charge on any atom is 0.220 e. The van der Waals surface area contributed by atoms with E-state index in [4.69, 9.17) is 4.98 Å². The largest absolute Gasteiger partial charge is 0.347 e. The number of fused-ring (bicyclic) bond motifs is 2. The van der Waals surface area contributed by atoms with Crippen LogP contribution in [0, 0.1) is 5.92 Å². The number of nitrogens with zero attached hydrogens (tertiary/aromatic N) is 1. The van der Waals surface area contributed by atoms with E-state index in [2.05, 4.69) is 28.1 Å². The molecule has 0 aliphatic carbocycles. The summed E-state index contributed by atoms with van der Waals surface area (Å²) in [4.78, 5) is 17.2. The van der Waals surface area contributed by atoms with Crippen molar-refractivity contribution in [3.8, 4) is 11.3 Å². The second kappa shape index (κ2) is 8.51. The highest BCUT2D eigenvalue weighted by Gasteiger charge is 2.34. The summed E-state index contributed by atoms with van der Waals surface area (Å²) < 4.78 is 0. The molecule has 2 fully saturated rings. The molecule has 2 aromatic rings. The highest BCUT2D eigenvalue weighted by atomic mass is 35.5. The maximum atomic E-state index is 12.5. The lowest BCUT2D eigenvalue weighted by molar-refractivity contribution is -0.122. The molecular formula is C20H26ClN3OS. The predicted molar refractivity (Wildman–Crippen MR) is 109 cm³/mol. The second-order valence-corrected chi connectivity index (χ2v) is 8.30. The van der Waals surface area contributed by atoms with E-state index in [1.165, 1.54) is 12.8 Å². The van der Waals surface area contributed by atoms with E-state index in [9.17, 15) is 4.79 Å². The van der Waals surface area contributed by atoms with Gasteiger partial charge in [0.1, 0.15) is 5.01 Å². The number of hydrogen-bond donors (Lipinski definition) is 2. The van der Waals surface area contributed by atoms with E-state index in [0.717, 1.165) is 29.1 Å². The number of hydrogen-bond acceptors (Lipinski definition) is 4. The van der Waals surface area contributed by atoms with Crippen LogP contribution < -0.4 is 10.6 Å². The Bertz CT molecular complexity index is 724. The molecule has 2 aliphatic heterocycles. The lowest BCUT2D eigenvalue weighted by Crippen LogP contribution is -2.40. The third-order valence-electron chi connectivity index (χ3n) is 5.38. The molecule has 4 rings (SSSR count). The minimum absolute atomic E-state index is 0. The number of carbonyl (C=O) groups is 1. The van der Waals surface area contributed by atoms with E-state index in [1.807, 2.05) is 25.1 Å². The number of nitrogens with one attached hydrogen (secondary N) is 2. The van der Waals surface area contributed by atoms with Gasteiger partial charge in [-0.25, -0.2) is 4.98 Å². The van der Waals surface area contributed by atoms with Gasteiger partial charge >= 0.3 is 0 Å². The molecule has 2 bridgehead atoms. The van der Waals surface area contributed by atoms with Crippen LogP contribution in [0.2, 0.25) is 0 Å². The first-order valence-corrected chi connectivity index (χ1v) is 10.1. The topological polar surface area (TPSA) is 54.0 Å². The Balaban J connectivity index is 0.00000196. The number of carbonyl (C=O) groups excluding carboxylic acids is 1. The van der Waals surface area contributed by atoms with Crippen LogP contribution in [0.3, 0.4) is 0 Å². The Hall–Kier alpha value is -1.43. The Labute approximate surface area is 165 Å². The van der Waals surface area contributed by atoms with Crippen LogP contribution in [0.15, 0.2) is 35.7 Å². The fourth-order valence-electron chi connectivity index (χ4n) is 4.19. The number of aromatic nitrogens is 1. The second-order valence-electron chi connectivity index (χ2n) is 7.41. The van der Waals surface area contributed by atoms with Gasteiger partial charge in [0.15, 0.2) is 0 Å². The van der Waals surface area contributed by atoms with Crippen molar-refractivity contribution in [2.45, 2.75) is 57.2 Å². The fourth-order valence-corrected chi connectivity index (χ4v) is 5.03. The molecule has 4 nitrogen and oxygen atoms in total. The van der Waals surface area contributed by atoms with Gasteiger partial charge in [-0.2, -0.15) is 0 Å². The lowest BCUT2D eigenvalue weighted by Gasteiger charge is -2.28. The Kier molecular flexibility index (Phi) is 6.33. The molecule has 3 unspecified atom stereocenters. The van der Waals surface area contributed by atoms with Crippen molar-refractivity contribution in [1.82, 2.24) is 15.6 Å². The highest BCUT2D eigenvalue weighted by molar-refractivity contribution is 7.10. The summed E-state index contributed by atoms with van der Waals surface area (Å²) in [5, 5.41) is 9.82. The SMILES string of the molecule is CC(NC(=O)CC1CC2CCC(C1)N2)c1nc(-c2ccccc2)cs1.Cl. The van der Waals surface area contributed by atoms with Crippen molar-refractivity contribution < 1.29 is 4.79 Å². The number of amides is 1. The van der Waals surface area contributed by atoms with Crippen molar-refractivity contribution in [2.24, 2.45) is 5.92 Å². The maximum absolute atomic E-state index is 12.5. The van der Waals surface area contributed by atoms with Crippen molar-refractivity contribution in [2.75, 3.05) is 0 Å². The zero-order chi connectivity index (χ0) is 17.2. The van der Waals surface area contributed by atoms with Gasteiger partial charge in [-0.1, -0.05) is 30.3 Å². The summed E-state index contributed by atoms with van der Waals surface area (Å²) in [7, 11) is 0. The number of thiazole rings is 1. The third kappa shape index (κ3) is 4.45. The van der Waals surface area contributed by atoms with Gasteiger partial charge in [0, 0.05) is 29.4 Å². The molecule has 1 aromatic carbocycles. The first-order valence-electron chi connectivity index (χ1n) is 9.23. The van der Waals surface area contributed by atoms with Gasteiger partial charge < -0.3 is 10.6 Å². The molecule has 1 amide bonds. The molecule has 6 heteroatoms. The van der Waals surface area contributed by atoms with Crippen molar-refractivity contribution in [1.29, 1.82) is 0 Å². The van der Waals surface area contributed by atoms with E-state index in [1.54, 1.807) is 11.3 Å². The van der Waals surface area contributed by atoms with E-state index < -0.39 is 0 Å². The molecule has 2 saturated heterocycles. The zero-order valence-electron chi connectivity index (χ0n) is 15.0. The minimum atomic E-state index is -0.0339. The van der Waals surface area contributed by atoms with Gasteiger partial charge in [0.05, 0.1) is 11.7 Å². The molecule has 1 aromatic heterocycles. The average molecular weight is 392 g/mol. The number of rotatable bonds is 5. The van der Waals surface area contributed by atoms with E-state index >= 15 is 0 Å². The summed E-state index contributed by atoms with van der Waals surface area (Å²) in [6.45, 7) is 2.03. The fraction of sp³-hybridized carbons (Fsp3) is 0.500. The monoisotopic (exact) mass is 391 g/mol. The molecule has 3 atom stereocenters. The third-order valence-corrected chi connectivity index (χ3v) is 6.41. The van der Waals surface area contributed by atoms with Gasteiger partial charge in [0.2, 0.25) is 5.91 Å². The normalized spacial score (nSPS) is 25.3. The van der Waals surface area contributed by atoms with Crippen LogP contribution in [0.25, 0.3) is 11.3 Å². The molecule has 2 aliphatic rings. The van der Waals surface area contributed by atoms with Crippen LogP contribution in [0.5, 0.6) is 0 Å². The zero-order valence-corrected chi connectivity index (χ0v) is 16.6. The van der Waals surface area contributed by atoms with Crippen LogP contribution in [-0.4, -0.2) is 23.0 Å². The molecule has 0 spiro atoms. The van der Waals surface area contributed by atoms with Gasteiger partial charge in [-0.15, -0.1) is 23.7 Å². The van der Waals surface area contributed by atoms with Crippen molar-refractivity contribution in [3.63, 3.8) is 0 Å². The Morgan fingerprint density at radius 3 is 2.65 bits per heavy atom. The van der Waals surface area contributed by atoms with Gasteiger partial charge in [-0.3, -0.25) is 4.79 Å². The minimum Gasteiger partial charge on any atom is -0.347 e. The predicted octanol–water partition coefficient (Wildman–Crippen LogP) is 4.33. The molecule has 140 valence electrons. The first-order chi connectivity index (χ1) is 12.2. The van der Waals surface area contributed by atoms with Crippen LogP contribution in [0.1, 0.15) is 50.1 Å². The molecule has 3 heterocycles. The molecule has 0 radical (unpaired) electrons. The summed E-state index contributed by atoms with van der Waals surface area (Å²) in [5.74, 6) is 0.692. The number of halogens is 1. The quantitative estimate of drug-likeness (QED) is 0.797. The molecule has 0 saturated carbocycles. The number of piperidine rings is 1. The molecule has 2 N–H and O–H groups in total. The van der Waals surface area contributed by atoms with Crippen LogP contribution >= 0.6 is 23.7 Å². The van der Waals surface area contributed by atoms with E-state index in [-0.39, 0.29) is 24.4 Å². The molecular weight excluding hydrogens is 366 g/mol. The number of benzene rings is 1. The van der Waals surface area contributed by atoms with Gasteiger partial charge in [0.25, 0.3) is 0 Å². The summed E-state index contributed by atoms with van der Waals surface area (Å²) in [6, 6.07) is 11.4. The summed E-state index contributed by atoms with van der Waals surface area (Å²) in [6.07, 6.45) is 5.50. The highest BCUT2D eigenvalue weighted by Crippen LogP contribution is 2.33. The summed E-state index contributed by atoms with van der Waals surface area (Å²) >= 11 is 1.62. The average Bonchev–Trinajstić information content (AvgIpc) is 3.22. The standard InChI is InChI=1S/C20H25N3OS.ClH/c1-13(20-23-18(12-25-20)15-5-3-2-4-6-15)21-19(24)11-14-9-16-7-8-17(10-14)22-16;/h2-6,12-14,16-17,22H,7-11H2,1H3,(H,21,24);1H. The van der Waals surface area contributed by atoms with Crippen molar-refractivity contribution >= 4 is 29.7 Å². The summed E-state index contributed by atoms with van der Waals surface area (Å²) in [5.41, 5.74) is 2.10. The Morgan fingerprint density at radius 2 is 1.96 bits per heavy atom. The van der Waals surface area contributed by atoms with E-state index in [0.29, 0.717) is 24.4 Å². The first kappa shape index (κ1) is 19.3. The van der Waals surface area contributed by atoms with Crippen LogP contribution in [0.4, 0.5) is 0 Å². The molecule has 26 heavy (non-hydrogen) atoms. The van der Waals surface area contributed by atoms with Crippen LogP contribution in [-0.2, 0) is 4.79 Å². The lowest BCUT2D eigenvalue weighted by atomic mass is 9.89. The van der Waals surface area contributed by atoms with Gasteiger partial charge in [-0.05, 0) is 38.5 Å².